The van der Waals surface area contributed by atoms with Crippen LogP contribution in [-0.2, 0) is 17.6 Å². The third-order valence-electron chi connectivity index (χ3n) is 2.61. The van der Waals surface area contributed by atoms with E-state index in [2.05, 4.69) is 19.1 Å². The molecule has 88 valence electrons. The molecule has 1 aromatic carbocycles. The maximum atomic E-state index is 10.3. The number of aryl methyl sites for hydroxylation is 2. The van der Waals surface area contributed by atoms with Crippen LogP contribution in [0.5, 0.6) is 0 Å². The van der Waals surface area contributed by atoms with Crippen molar-refractivity contribution in [2.24, 2.45) is 0 Å². The quantitative estimate of drug-likeness (QED) is 0.774. The molecule has 1 unspecified atom stereocenters. The van der Waals surface area contributed by atoms with Crippen LogP contribution in [0, 0.1) is 0 Å². The molecule has 0 aromatic heterocycles. The van der Waals surface area contributed by atoms with E-state index in [0.717, 1.165) is 18.4 Å². The summed E-state index contributed by atoms with van der Waals surface area (Å²) in [4.78, 5) is 10.3. The predicted molar refractivity (Wildman–Crippen MR) is 62.4 cm³/mol. The minimum Gasteiger partial charge on any atom is -0.481 e. The zero-order valence-corrected chi connectivity index (χ0v) is 9.52. The summed E-state index contributed by atoms with van der Waals surface area (Å²) >= 11 is 0. The number of carboxylic acids is 1. The number of rotatable bonds is 6. The maximum Gasteiger partial charge on any atom is 0.305 e. The van der Waals surface area contributed by atoms with Crippen molar-refractivity contribution in [3.8, 4) is 0 Å². The van der Waals surface area contributed by atoms with Gasteiger partial charge >= 0.3 is 5.97 Å². The Balaban J connectivity index is 2.39. The molecule has 2 N–H and O–H groups in total. The molecule has 3 nitrogen and oxygen atoms in total. The van der Waals surface area contributed by atoms with Gasteiger partial charge in [-0.3, -0.25) is 4.79 Å². The molecule has 0 aliphatic carbocycles. The molecule has 0 aliphatic rings. The second-order valence-corrected chi connectivity index (χ2v) is 3.96. The van der Waals surface area contributed by atoms with Gasteiger partial charge in [0.05, 0.1) is 12.5 Å². The summed E-state index contributed by atoms with van der Waals surface area (Å²) in [6.07, 6.45) is 1.31. The van der Waals surface area contributed by atoms with E-state index in [1.807, 2.05) is 12.1 Å². The molecular formula is C13H18O3. The third kappa shape index (κ3) is 4.45. The highest BCUT2D eigenvalue weighted by atomic mass is 16.4. The van der Waals surface area contributed by atoms with Crippen LogP contribution in [0.15, 0.2) is 24.3 Å². The fourth-order valence-electron chi connectivity index (χ4n) is 1.58. The molecule has 1 rings (SSSR count). The Labute approximate surface area is 95.7 Å². The lowest BCUT2D eigenvalue weighted by atomic mass is 10.0. The topological polar surface area (TPSA) is 57.5 Å². The average molecular weight is 222 g/mol. The van der Waals surface area contributed by atoms with Gasteiger partial charge in [-0.15, -0.1) is 0 Å². The van der Waals surface area contributed by atoms with E-state index >= 15 is 0 Å². The van der Waals surface area contributed by atoms with Crippen molar-refractivity contribution in [1.29, 1.82) is 0 Å². The molecule has 0 saturated carbocycles. The first-order chi connectivity index (χ1) is 7.61. The number of hydrogen-bond donors (Lipinski definition) is 2. The summed E-state index contributed by atoms with van der Waals surface area (Å²) in [6.45, 7) is 2.10. The van der Waals surface area contributed by atoms with Crippen molar-refractivity contribution < 1.29 is 15.0 Å². The minimum atomic E-state index is -0.950. The lowest BCUT2D eigenvalue weighted by Crippen LogP contribution is -2.13. The molecule has 0 heterocycles. The van der Waals surface area contributed by atoms with Crippen LogP contribution in [0.4, 0.5) is 0 Å². The number of aliphatic hydroxyl groups is 1. The van der Waals surface area contributed by atoms with Gasteiger partial charge in [0.2, 0.25) is 0 Å². The highest BCUT2D eigenvalue weighted by molar-refractivity contribution is 5.67. The molecular weight excluding hydrogens is 204 g/mol. The number of carbonyl (C=O) groups is 1. The zero-order chi connectivity index (χ0) is 12.0. The van der Waals surface area contributed by atoms with Crippen molar-refractivity contribution in [3.63, 3.8) is 0 Å². The predicted octanol–water partition coefficient (Wildman–Crippen LogP) is 2.02. The van der Waals surface area contributed by atoms with E-state index in [4.69, 9.17) is 5.11 Å². The Hall–Kier alpha value is -1.35. The zero-order valence-electron chi connectivity index (χ0n) is 9.52. The maximum absolute atomic E-state index is 10.3. The molecule has 0 amide bonds. The first-order valence-corrected chi connectivity index (χ1v) is 5.59. The van der Waals surface area contributed by atoms with Crippen LogP contribution < -0.4 is 0 Å². The van der Waals surface area contributed by atoms with Crippen LogP contribution in [0.2, 0.25) is 0 Å². The largest absolute Gasteiger partial charge is 0.481 e. The smallest absolute Gasteiger partial charge is 0.305 e. The summed E-state index contributed by atoms with van der Waals surface area (Å²) in [7, 11) is 0. The molecule has 1 aromatic rings. The van der Waals surface area contributed by atoms with Crippen LogP contribution in [0.1, 0.15) is 30.9 Å². The molecule has 0 aliphatic heterocycles. The van der Waals surface area contributed by atoms with Crippen LogP contribution in [0.3, 0.4) is 0 Å². The van der Waals surface area contributed by atoms with Crippen molar-refractivity contribution >= 4 is 5.97 Å². The van der Waals surface area contributed by atoms with E-state index in [1.165, 1.54) is 5.56 Å². The van der Waals surface area contributed by atoms with E-state index in [0.29, 0.717) is 6.42 Å². The normalized spacial score (nSPS) is 12.4. The second-order valence-electron chi connectivity index (χ2n) is 3.96. The van der Waals surface area contributed by atoms with Gasteiger partial charge in [-0.1, -0.05) is 31.2 Å². The highest BCUT2D eigenvalue weighted by Gasteiger charge is 2.09. The molecule has 3 heteroatoms. The third-order valence-corrected chi connectivity index (χ3v) is 2.61. The monoisotopic (exact) mass is 222 g/mol. The lowest BCUT2D eigenvalue weighted by Gasteiger charge is -2.07. The van der Waals surface area contributed by atoms with Gasteiger partial charge < -0.3 is 10.2 Å². The lowest BCUT2D eigenvalue weighted by molar-refractivity contribution is -0.139. The van der Waals surface area contributed by atoms with Gasteiger partial charge in [-0.05, 0) is 30.4 Å². The summed E-state index contributed by atoms with van der Waals surface area (Å²) < 4.78 is 0. The Morgan fingerprint density at radius 2 is 1.81 bits per heavy atom. The Morgan fingerprint density at radius 3 is 2.31 bits per heavy atom. The van der Waals surface area contributed by atoms with Gasteiger partial charge in [-0.2, -0.15) is 0 Å². The van der Waals surface area contributed by atoms with Crippen molar-refractivity contribution in [3.05, 3.63) is 35.4 Å². The van der Waals surface area contributed by atoms with Gasteiger partial charge in [-0.25, -0.2) is 0 Å². The van der Waals surface area contributed by atoms with E-state index in [9.17, 15) is 9.90 Å². The summed E-state index contributed by atoms with van der Waals surface area (Å²) in [5.74, 6) is -0.950. The second kappa shape index (κ2) is 6.28. The fourth-order valence-corrected chi connectivity index (χ4v) is 1.58. The molecule has 0 fully saturated rings. The van der Waals surface area contributed by atoms with E-state index in [1.54, 1.807) is 0 Å². The number of hydrogen-bond acceptors (Lipinski definition) is 2. The molecule has 0 saturated heterocycles. The average Bonchev–Trinajstić information content (AvgIpc) is 2.26. The van der Waals surface area contributed by atoms with Gasteiger partial charge in [0.25, 0.3) is 0 Å². The van der Waals surface area contributed by atoms with E-state index in [-0.39, 0.29) is 6.42 Å². The number of aliphatic hydroxyl groups excluding tert-OH is 1. The Kier molecular flexibility index (Phi) is 4.99. The molecule has 0 bridgehead atoms. The van der Waals surface area contributed by atoms with Gasteiger partial charge in [0, 0.05) is 0 Å². The summed E-state index contributed by atoms with van der Waals surface area (Å²) in [6, 6.07) is 8.20. The number of aliphatic carboxylic acids is 1. The van der Waals surface area contributed by atoms with Crippen molar-refractivity contribution in [2.45, 2.75) is 38.7 Å². The standard InChI is InChI=1S/C13H18O3/c1-2-10-3-5-11(6-4-10)7-8-12(14)9-13(15)16/h3-6,12,14H,2,7-9H2,1H3,(H,15,16). The Bertz CT molecular complexity index is 330. The molecule has 1 atom stereocenters. The number of benzene rings is 1. The van der Waals surface area contributed by atoms with Crippen LogP contribution >= 0.6 is 0 Å². The molecule has 16 heavy (non-hydrogen) atoms. The minimum absolute atomic E-state index is 0.174. The first kappa shape index (κ1) is 12.7. The summed E-state index contributed by atoms with van der Waals surface area (Å²) in [5.41, 5.74) is 2.43. The SMILES string of the molecule is CCc1ccc(CCC(O)CC(=O)O)cc1. The highest BCUT2D eigenvalue weighted by Crippen LogP contribution is 2.09. The van der Waals surface area contributed by atoms with Gasteiger partial charge in [0.1, 0.15) is 0 Å². The van der Waals surface area contributed by atoms with Crippen LogP contribution in [0.25, 0.3) is 0 Å². The van der Waals surface area contributed by atoms with Crippen molar-refractivity contribution in [1.82, 2.24) is 0 Å². The Morgan fingerprint density at radius 1 is 1.25 bits per heavy atom. The van der Waals surface area contributed by atoms with Crippen LogP contribution in [-0.4, -0.2) is 22.3 Å². The van der Waals surface area contributed by atoms with E-state index < -0.39 is 12.1 Å². The van der Waals surface area contributed by atoms with Gasteiger partial charge in [0.15, 0.2) is 0 Å². The van der Waals surface area contributed by atoms with Crippen molar-refractivity contribution in [2.75, 3.05) is 0 Å². The molecule has 0 radical (unpaired) electrons. The summed E-state index contributed by atoms with van der Waals surface area (Å²) in [5, 5.41) is 17.9. The molecule has 0 spiro atoms. The fraction of sp³-hybridized carbons (Fsp3) is 0.462. The number of carboxylic acid groups (broad SMARTS) is 1. The first-order valence-electron chi connectivity index (χ1n) is 5.59.